The van der Waals surface area contributed by atoms with E-state index in [2.05, 4.69) is 15.3 Å². The van der Waals surface area contributed by atoms with Crippen LogP contribution in [-0.4, -0.2) is 38.7 Å². The first-order chi connectivity index (χ1) is 16.2. The molecule has 0 spiro atoms. The van der Waals surface area contributed by atoms with Crippen molar-refractivity contribution in [3.05, 3.63) is 62.7 Å². The molecule has 1 aliphatic carbocycles. The lowest BCUT2D eigenvalue weighted by Crippen LogP contribution is -2.43. The molecule has 2 aromatic heterocycles. The van der Waals surface area contributed by atoms with Crippen LogP contribution < -0.4 is 10.9 Å². The maximum atomic E-state index is 14.3. The third-order valence-corrected chi connectivity index (χ3v) is 6.60. The van der Waals surface area contributed by atoms with Crippen molar-refractivity contribution in [1.29, 1.82) is 0 Å². The van der Waals surface area contributed by atoms with Gasteiger partial charge in [-0.05, 0) is 48.6 Å². The second-order valence-electron chi connectivity index (χ2n) is 8.57. The van der Waals surface area contributed by atoms with Crippen LogP contribution in [-0.2, 0) is 33.0 Å². The summed E-state index contributed by atoms with van der Waals surface area (Å²) in [5, 5.41) is 23.6. The number of hydrogen-bond acceptors (Lipinski definition) is 7. The number of aliphatic hydroxyl groups excluding tert-OH is 1. The van der Waals surface area contributed by atoms with Crippen LogP contribution in [0.4, 0.5) is 4.39 Å². The number of ether oxygens (including phenoxy) is 1. The quantitative estimate of drug-likeness (QED) is 0.426. The summed E-state index contributed by atoms with van der Waals surface area (Å²) < 4.78 is 19.3. The number of rotatable bonds is 4. The van der Waals surface area contributed by atoms with Gasteiger partial charge in [-0.25, -0.2) is 14.2 Å². The monoisotopic (exact) mass is 467 g/mol. The van der Waals surface area contributed by atoms with Crippen LogP contribution in [0, 0.1) is 5.82 Å². The van der Waals surface area contributed by atoms with E-state index in [1.54, 1.807) is 13.0 Å². The van der Waals surface area contributed by atoms with Crippen molar-refractivity contribution in [1.82, 2.24) is 15.3 Å². The highest BCUT2D eigenvalue weighted by atomic mass is 19.1. The molecule has 1 aliphatic heterocycles. The molecular weight excluding hydrogens is 445 g/mol. The number of halogens is 1. The summed E-state index contributed by atoms with van der Waals surface area (Å²) in [5.74, 6) is -1.84. The normalized spacial score (nSPS) is 21.2. The Labute approximate surface area is 192 Å². The Hall–Kier alpha value is -3.63. The van der Waals surface area contributed by atoms with Crippen LogP contribution >= 0.6 is 0 Å². The highest BCUT2D eigenvalue weighted by Gasteiger charge is 2.44. The van der Waals surface area contributed by atoms with Crippen LogP contribution in [0.1, 0.15) is 48.1 Å². The Kier molecular flexibility index (Phi) is 5.22. The number of benzene rings is 1. The van der Waals surface area contributed by atoms with E-state index in [1.807, 2.05) is 0 Å². The summed E-state index contributed by atoms with van der Waals surface area (Å²) >= 11 is 0. The predicted molar refractivity (Wildman–Crippen MR) is 118 cm³/mol. The molecule has 0 fully saturated rings. The Morgan fingerprint density at radius 3 is 2.85 bits per heavy atom. The molecule has 176 valence electrons. The first-order valence-electron chi connectivity index (χ1n) is 10.9. The lowest BCUT2D eigenvalue weighted by Gasteiger charge is -2.31. The number of carbonyl (C=O) groups excluding carboxylic acids is 2. The number of aromatic nitrogens is 2. The molecule has 5 rings (SSSR count). The van der Waals surface area contributed by atoms with Crippen LogP contribution in [0.3, 0.4) is 0 Å². The highest BCUT2D eigenvalue weighted by Crippen LogP contribution is 2.39. The zero-order valence-corrected chi connectivity index (χ0v) is 18.3. The smallest absolute Gasteiger partial charge is 0.343 e. The summed E-state index contributed by atoms with van der Waals surface area (Å²) in [5.41, 5.74) is 0.0583. The molecule has 1 amide bonds. The number of nitrogens with one attached hydrogen (secondary N) is 2. The highest BCUT2D eigenvalue weighted by molar-refractivity contribution is 5.90. The van der Waals surface area contributed by atoms with Crippen molar-refractivity contribution >= 4 is 22.8 Å². The molecule has 0 bridgehead atoms. The lowest BCUT2D eigenvalue weighted by atomic mass is 9.84. The molecule has 10 heteroatoms. The van der Waals surface area contributed by atoms with Gasteiger partial charge in [-0.15, -0.1) is 0 Å². The van der Waals surface area contributed by atoms with E-state index < -0.39 is 41.5 Å². The van der Waals surface area contributed by atoms with Crippen molar-refractivity contribution in [3.63, 3.8) is 0 Å². The number of cyclic esters (lactones) is 1. The number of aromatic amines is 1. The number of H-pyrrole nitrogens is 1. The number of hydrogen-bond donors (Lipinski definition) is 4. The number of aryl methyl sites for hydroxylation is 1. The van der Waals surface area contributed by atoms with Gasteiger partial charge >= 0.3 is 5.97 Å². The standard InChI is InChI=1S/C24H22FN3O6/c1-2-24(33)15-8-18(28-22(31)14(15)10-34-23(24)32)17-7-13-16(27-20(30)9-29)4-3-11-5-12(25)6-19(26-17)21(11)13/h5-8,16,29,33H,2-4,9-10H2,1H3,(H,27,30)(H,28,31)/t16-,24-/m0/s1. The zero-order valence-electron chi connectivity index (χ0n) is 18.3. The molecule has 0 saturated heterocycles. The number of fused-ring (bicyclic) bond motifs is 1. The zero-order chi connectivity index (χ0) is 24.2. The van der Waals surface area contributed by atoms with Crippen molar-refractivity contribution in [3.8, 4) is 11.4 Å². The summed E-state index contributed by atoms with van der Waals surface area (Å²) in [7, 11) is 0. The average molecular weight is 467 g/mol. The number of amides is 1. The summed E-state index contributed by atoms with van der Waals surface area (Å²) in [4.78, 5) is 44.3. The molecule has 2 atom stereocenters. The number of aliphatic hydroxyl groups is 2. The fraction of sp³-hybridized carbons (Fsp3) is 0.333. The second-order valence-corrected chi connectivity index (χ2v) is 8.57. The molecule has 1 aromatic carbocycles. The number of nitrogens with zero attached hydrogens (tertiary/aromatic N) is 1. The lowest BCUT2D eigenvalue weighted by molar-refractivity contribution is -0.172. The SMILES string of the molecule is CC[C@@]1(O)C(=O)OCc2c1cc(-c1cc3c4c(cc(F)cc4n1)CC[C@@H]3NC(=O)CO)[nH]c2=O. The predicted octanol–water partition coefficient (Wildman–Crippen LogP) is 1.48. The number of esters is 1. The van der Waals surface area contributed by atoms with Crippen LogP contribution in [0.15, 0.2) is 29.1 Å². The maximum Gasteiger partial charge on any atom is 0.343 e. The number of pyridine rings is 2. The topological polar surface area (TPSA) is 142 Å². The Morgan fingerprint density at radius 2 is 2.12 bits per heavy atom. The second kappa shape index (κ2) is 8.00. The van der Waals surface area contributed by atoms with E-state index in [9.17, 15) is 29.0 Å². The Morgan fingerprint density at radius 1 is 1.32 bits per heavy atom. The summed E-state index contributed by atoms with van der Waals surface area (Å²) in [6.45, 7) is 0.679. The van der Waals surface area contributed by atoms with Crippen molar-refractivity contribution in [2.45, 2.75) is 44.4 Å². The van der Waals surface area contributed by atoms with Crippen LogP contribution in [0.25, 0.3) is 22.3 Å². The van der Waals surface area contributed by atoms with Gasteiger partial charge in [0.25, 0.3) is 5.56 Å². The van der Waals surface area contributed by atoms with Gasteiger partial charge in [0.15, 0.2) is 5.60 Å². The van der Waals surface area contributed by atoms with Gasteiger partial charge in [-0.1, -0.05) is 6.92 Å². The maximum absolute atomic E-state index is 14.3. The average Bonchev–Trinajstić information content (AvgIpc) is 2.82. The molecule has 9 nitrogen and oxygen atoms in total. The minimum atomic E-state index is -1.97. The first kappa shape index (κ1) is 22.2. The van der Waals surface area contributed by atoms with E-state index in [1.165, 1.54) is 18.2 Å². The molecular formula is C24H22FN3O6. The Bertz CT molecular complexity index is 1420. The third kappa shape index (κ3) is 3.37. The van der Waals surface area contributed by atoms with Gasteiger partial charge in [0.1, 0.15) is 19.0 Å². The minimum absolute atomic E-state index is 0.00195. The molecule has 34 heavy (non-hydrogen) atoms. The molecule has 0 saturated carbocycles. The summed E-state index contributed by atoms with van der Waals surface area (Å²) in [6.07, 6.45) is 1.00. The van der Waals surface area contributed by atoms with Crippen molar-refractivity contribution < 1.29 is 28.9 Å². The van der Waals surface area contributed by atoms with Gasteiger partial charge in [0.05, 0.1) is 28.5 Å². The van der Waals surface area contributed by atoms with Crippen molar-refractivity contribution in [2.75, 3.05) is 6.61 Å². The fourth-order valence-corrected chi connectivity index (χ4v) is 4.85. The minimum Gasteiger partial charge on any atom is -0.458 e. The molecule has 3 aromatic rings. The fourth-order valence-electron chi connectivity index (χ4n) is 4.85. The van der Waals surface area contributed by atoms with E-state index in [0.29, 0.717) is 29.3 Å². The van der Waals surface area contributed by atoms with Crippen molar-refractivity contribution in [2.24, 2.45) is 0 Å². The largest absolute Gasteiger partial charge is 0.458 e. The van der Waals surface area contributed by atoms with Gasteiger partial charge < -0.3 is 25.3 Å². The van der Waals surface area contributed by atoms with E-state index in [4.69, 9.17) is 4.74 Å². The van der Waals surface area contributed by atoms with Crippen LogP contribution in [0.5, 0.6) is 0 Å². The Balaban J connectivity index is 1.74. The van der Waals surface area contributed by atoms with E-state index >= 15 is 0 Å². The van der Waals surface area contributed by atoms with E-state index in [-0.39, 0.29) is 35.5 Å². The molecule has 4 N–H and O–H groups in total. The van der Waals surface area contributed by atoms with Gasteiger partial charge in [0, 0.05) is 17.0 Å². The number of carbonyl (C=O) groups is 2. The third-order valence-electron chi connectivity index (χ3n) is 6.60. The van der Waals surface area contributed by atoms with E-state index in [0.717, 1.165) is 5.56 Å². The van der Waals surface area contributed by atoms with Gasteiger partial charge in [-0.3, -0.25) is 9.59 Å². The molecule has 2 aliphatic rings. The molecule has 0 unspecified atom stereocenters. The van der Waals surface area contributed by atoms with Gasteiger partial charge in [-0.2, -0.15) is 0 Å². The first-order valence-corrected chi connectivity index (χ1v) is 10.9. The molecule has 3 heterocycles. The summed E-state index contributed by atoms with van der Waals surface area (Å²) in [6, 6.07) is 5.44. The molecule has 0 radical (unpaired) electrons. The van der Waals surface area contributed by atoms with Crippen LogP contribution in [0.2, 0.25) is 0 Å². The van der Waals surface area contributed by atoms with Gasteiger partial charge in [0.2, 0.25) is 5.91 Å².